The van der Waals surface area contributed by atoms with Gasteiger partial charge in [0.05, 0.1) is 11.4 Å². The molecule has 35 heavy (non-hydrogen) atoms. The number of carbonyl (C=O) groups excluding carboxylic acids is 1. The van der Waals surface area contributed by atoms with Gasteiger partial charge in [-0.3, -0.25) is 9.59 Å². The molecular weight excluding hydrogens is 492 g/mol. The quantitative estimate of drug-likeness (QED) is 0.416. The second kappa shape index (κ2) is 10.3. The standard InChI is InChI=1S/C27H24Cl2FNO4/c1-27(13-18-5-7-22(29)23(30)11-18)14-20-9-17(6-8-24(20)35-27)12-25(32)31(16-26(33)34)15-19-3-2-4-21(28)10-19/h2-11H,12-16H2,1H3,(H,33,34). The highest BCUT2D eigenvalue weighted by atomic mass is 35.5. The summed E-state index contributed by atoms with van der Waals surface area (Å²) in [5, 5.41) is 9.90. The number of aliphatic carboxylic acids is 1. The van der Waals surface area contributed by atoms with Gasteiger partial charge in [-0.25, -0.2) is 4.39 Å². The predicted octanol–water partition coefficient (Wildman–Crippen LogP) is 5.72. The van der Waals surface area contributed by atoms with Gasteiger partial charge in [-0.05, 0) is 59.5 Å². The van der Waals surface area contributed by atoms with E-state index < -0.39 is 23.9 Å². The molecule has 3 aromatic carbocycles. The summed E-state index contributed by atoms with van der Waals surface area (Å²) in [4.78, 5) is 25.7. The number of carbonyl (C=O) groups is 2. The lowest BCUT2D eigenvalue weighted by Crippen LogP contribution is -2.36. The van der Waals surface area contributed by atoms with Crippen molar-refractivity contribution in [1.82, 2.24) is 4.90 Å². The summed E-state index contributed by atoms with van der Waals surface area (Å²) in [6.07, 6.45) is 1.15. The molecule has 1 atom stereocenters. The van der Waals surface area contributed by atoms with Crippen molar-refractivity contribution in [3.8, 4) is 5.75 Å². The van der Waals surface area contributed by atoms with Gasteiger partial charge in [-0.2, -0.15) is 0 Å². The molecule has 0 spiro atoms. The largest absolute Gasteiger partial charge is 0.487 e. The zero-order valence-corrected chi connectivity index (χ0v) is 20.6. The Bertz CT molecular complexity index is 1280. The summed E-state index contributed by atoms with van der Waals surface area (Å²) in [5.41, 5.74) is 2.69. The molecule has 8 heteroatoms. The molecule has 4 rings (SSSR count). The highest BCUT2D eigenvalue weighted by Crippen LogP contribution is 2.38. The van der Waals surface area contributed by atoms with Crippen LogP contribution in [0.3, 0.4) is 0 Å². The molecule has 0 radical (unpaired) electrons. The van der Waals surface area contributed by atoms with Gasteiger partial charge in [0, 0.05) is 24.4 Å². The number of halogens is 3. The molecule has 1 N–H and O–H groups in total. The zero-order valence-electron chi connectivity index (χ0n) is 19.1. The van der Waals surface area contributed by atoms with Crippen molar-refractivity contribution in [3.63, 3.8) is 0 Å². The van der Waals surface area contributed by atoms with Crippen LogP contribution in [0, 0.1) is 5.82 Å². The van der Waals surface area contributed by atoms with Gasteiger partial charge in [0.15, 0.2) is 0 Å². The minimum Gasteiger partial charge on any atom is -0.487 e. The number of hydrogen-bond donors (Lipinski definition) is 1. The lowest BCUT2D eigenvalue weighted by molar-refractivity contribution is -0.144. The molecule has 5 nitrogen and oxygen atoms in total. The smallest absolute Gasteiger partial charge is 0.323 e. The number of ether oxygens (including phenoxy) is 1. The molecule has 1 aliphatic rings. The molecule has 0 bridgehead atoms. The fraction of sp³-hybridized carbons (Fsp3) is 0.259. The Morgan fingerprint density at radius 3 is 2.54 bits per heavy atom. The SMILES string of the molecule is CC1(Cc2ccc(Cl)c(F)c2)Cc2cc(CC(=O)N(CC(=O)O)Cc3cccc(Cl)c3)ccc2O1. The Morgan fingerprint density at radius 1 is 1.06 bits per heavy atom. The van der Waals surface area contributed by atoms with E-state index in [2.05, 4.69) is 0 Å². The molecule has 0 fully saturated rings. The van der Waals surface area contributed by atoms with Gasteiger partial charge in [0.25, 0.3) is 0 Å². The number of carboxylic acids is 1. The van der Waals surface area contributed by atoms with Crippen LogP contribution < -0.4 is 4.74 Å². The molecule has 3 aromatic rings. The van der Waals surface area contributed by atoms with Crippen LogP contribution in [0.25, 0.3) is 0 Å². The molecule has 0 saturated carbocycles. The molecule has 0 saturated heterocycles. The fourth-order valence-electron chi connectivity index (χ4n) is 4.40. The fourth-order valence-corrected chi connectivity index (χ4v) is 4.73. The number of amides is 1. The number of carboxylic acid groups (broad SMARTS) is 1. The zero-order chi connectivity index (χ0) is 25.2. The first-order valence-corrected chi connectivity index (χ1v) is 11.8. The summed E-state index contributed by atoms with van der Waals surface area (Å²) in [6, 6.07) is 17.3. The Labute approximate surface area is 213 Å². The third kappa shape index (κ3) is 6.32. The van der Waals surface area contributed by atoms with Crippen LogP contribution in [-0.2, 0) is 35.4 Å². The molecule has 1 heterocycles. The number of benzene rings is 3. The molecule has 1 unspecified atom stereocenters. The first-order valence-electron chi connectivity index (χ1n) is 11.1. The summed E-state index contributed by atoms with van der Waals surface area (Å²) >= 11 is 11.8. The van der Waals surface area contributed by atoms with Gasteiger partial charge >= 0.3 is 5.97 Å². The van der Waals surface area contributed by atoms with E-state index >= 15 is 0 Å². The molecule has 0 aromatic heterocycles. The Hall–Kier alpha value is -3.09. The minimum atomic E-state index is -1.09. The van der Waals surface area contributed by atoms with E-state index in [4.69, 9.17) is 27.9 Å². The predicted molar refractivity (Wildman–Crippen MR) is 133 cm³/mol. The number of hydrogen-bond acceptors (Lipinski definition) is 3. The highest BCUT2D eigenvalue weighted by Gasteiger charge is 2.35. The van der Waals surface area contributed by atoms with Gasteiger partial charge in [-0.1, -0.05) is 53.5 Å². The maximum Gasteiger partial charge on any atom is 0.323 e. The summed E-state index contributed by atoms with van der Waals surface area (Å²) in [6.45, 7) is 1.70. The topological polar surface area (TPSA) is 66.8 Å². The van der Waals surface area contributed by atoms with Crippen molar-refractivity contribution >= 4 is 35.1 Å². The second-order valence-corrected chi connectivity index (χ2v) is 9.89. The lowest BCUT2D eigenvalue weighted by Gasteiger charge is -2.24. The monoisotopic (exact) mass is 515 g/mol. The molecule has 1 amide bonds. The van der Waals surface area contributed by atoms with Crippen LogP contribution in [0.4, 0.5) is 4.39 Å². The molecule has 0 aliphatic carbocycles. The Morgan fingerprint density at radius 2 is 1.83 bits per heavy atom. The summed E-state index contributed by atoms with van der Waals surface area (Å²) in [5.74, 6) is -1.13. The maximum atomic E-state index is 13.9. The van der Waals surface area contributed by atoms with E-state index in [0.29, 0.717) is 17.9 Å². The van der Waals surface area contributed by atoms with E-state index in [1.807, 2.05) is 25.1 Å². The van der Waals surface area contributed by atoms with E-state index in [1.54, 1.807) is 30.3 Å². The first-order chi connectivity index (χ1) is 16.6. The minimum absolute atomic E-state index is 0.0558. The van der Waals surface area contributed by atoms with Crippen LogP contribution in [0.5, 0.6) is 5.75 Å². The van der Waals surface area contributed by atoms with Gasteiger partial charge in [0.1, 0.15) is 23.7 Å². The Kier molecular flexibility index (Phi) is 7.33. The van der Waals surface area contributed by atoms with Crippen LogP contribution in [0.1, 0.15) is 29.2 Å². The van der Waals surface area contributed by atoms with Crippen molar-refractivity contribution in [3.05, 3.63) is 98.8 Å². The van der Waals surface area contributed by atoms with Crippen molar-refractivity contribution in [2.24, 2.45) is 0 Å². The van der Waals surface area contributed by atoms with Crippen molar-refractivity contribution in [2.45, 2.75) is 38.3 Å². The number of fused-ring (bicyclic) bond motifs is 1. The summed E-state index contributed by atoms with van der Waals surface area (Å²) in [7, 11) is 0. The van der Waals surface area contributed by atoms with Crippen LogP contribution in [0.2, 0.25) is 10.0 Å². The van der Waals surface area contributed by atoms with E-state index in [-0.39, 0.29) is 23.9 Å². The average molecular weight is 516 g/mol. The molecule has 1 aliphatic heterocycles. The van der Waals surface area contributed by atoms with E-state index in [1.165, 1.54) is 17.0 Å². The second-order valence-electron chi connectivity index (χ2n) is 9.05. The maximum absolute atomic E-state index is 13.9. The third-order valence-corrected chi connectivity index (χ3v) is 6.45. The molecule has 182 valence electrons. The number of rotatable bonds is 8. The van der Waals surface area contributed by atoms with Crippen LogP contribution in [-0.4, -0.2) is 34.0 Å². The van der Waals surface area contributed by atoms with Gasteiger partial charge in [0.2, 0.25) is 5.91 Å². The third-order valence-electron chi connectivity index (χ3n) is 5.90. The summed E-state index contributed by atoms with van der Waals surface area (Å²) < 4.78 is 20.0. The Balaban J connectivity index is 1.46. The van der Waals surface area contributed by atoms with Gasteiger partial charge in [-0.15, -0.1) is 0 Å². The van der Waals surface area contributed by atoms with Gasteiger partial charge < -0.3 is 14.7 Å². The van der Waals surface area contributed by atoms with E-state index in [0.717, 1.165) is 28.0 Å². The molecular formula is C27H24Cl2FNO4. The normalized spacial score (nSPS) is 16.5. The van der Waals surface area contributed by atoms with E-state index in [9.17, 15) is 19.1 Å². The van der Waals surface area contributed by atoms with Crippen molar-refractivity contribution < 1.29 is 23.8 Å². The first kappa shape index (κ1) is 25.0. The van der Waals surface area contributed by atoms with Crippen LogP contribution >= 0.6 is 23.2 Å². The van der Waals surface area contributed by atoms with Crippen molar-refractivity contribution in [1.29, 1.82) is 0 Å². The lowest BCUT2D eigenvalue weighted by atomic mass is 9.91. The average Bonchev–Trinajstić information content (AvgIpc) is 3.10. The van der Waals surface area contributed by atoms with Crippen LogP contribution in [0.15, 0.2) is 60.7 Å². The highest BCUT2D eigenvalue weighted by molar-refractivity contribution is 6.31. The van der Waals surface area contributed by atoms with Crippen molar-refractivity contribution in [2.75, 3.05) is 6.54 Å². The number of nitrogens with zero attached hydrogens (tertiary/aromatic N) is 1.